The zero-order valence-corrected chi connectivity index (χ0v) is 18.4. The maximum Gasteiger partial charge on any atom is 0.267 e. The largest absolute Gasteiger partial charge is 0.476 e. The van der Waals surface area contributed by atoms with Gasteiger partial charge in [-0.3, -0.25) is 9.10 Å². The molecule has 1 atom stereocenters. The number of sulfonamides is 1. The lowest BCUT2D eigenvalue weighted by atomic mass is 10.1. The van der Waals surface area contributed by atoms with Crippen molar-refractivity contribution in [2.24, 2.45) is 0 Å². The summed E-state index contributed by atoms with van der Waals surface area (Å²) in [7, 11) is -3.87. The molecule has 160 valence electrons. The molecule has 6 nitrogen and oxygen atoms in total. The first-order chi connectivity index (χ1) is 14.8. The normalized spacial score (nSPS) is 15.7. The second-order valence-electron chi connectivity index (χ2n) is 7.71. The SMILES string of the molecule is Cc1ccc(S(=O)(=O)N2C[C@@H](C(=O)Nc3ccc(C)c(C)c3)Oc3ccccc32)cc1. The fourth-order valence-corrected chi connectivity index (χ4v) is 4.92. The van der Waals surface area contributed by atoms with Crippen LogP contribution in [0, 0.1) is 20.8 Å². The molecule has 0 bridgehead atoms. The van der Waals surface area contributed by atoms with Gasteiger partial charge in [0.25, 0.3) is 15.9 Å². The predicted octanol–water partition coefficient (Wildman–Crippen LogP) is 4.21. The van der Waals surface area contributed by atoms with Gasteiger partial charge in [0.15, 0.2) is 6.10 Å². The van der Waals surface area contributed by atoms with E-state index < -0.39 is 22.0 Å². The molecule has 0 aliphatic carbocycles. The van der Waals surface area contributed by atoms with E-state index in [1.54, 1.807) is 48.5 Å². The van der Waals surface area contributed by atoms with Crippen LogP contribution in [0.15, 0.2) is 71.6 Å². The highest BCUT2D eigenvalue weighted by Gasteiger charge is 2.37. The standard InChI is InChI=1S/C24H24N2O4S/c1-16-8-12-20(13-9-16)31(28,29)26-15-23(30-22-7-5-4-6-21(22)26)24(27)25-19-11-10-17(2)18(3)14-19/h4-14,23H,15H2,1-3H3,(H,25,27)/t23-/m0/s1. The molecule has 0 spiro atoms. The Labute approximate surface area is 182 Å². The van der Waals surface area contributed by atoms with Crippen LogP contribution in [-0.2, 0) is 14.8 Å². The van der Waals surface area contributed by atoms with Crippen LogP contribution in [0.4, 0.5) is 11.4 Å². The van der Waals surface area contributed by atoms with Gasteiger partial charge in [0, 0.05) is 5.69 Å². The Morgan fingerprint density at radius 1 is 0.968 bits per heavy atom. The average molecular weight is 437 g/mol. The van der Waals surface area contributed by atoms with Crippen molar-refractivity contribution in [3.63, 3.8) is 0 Å². The molecule has 4 rings (SSSR count). The quantitative estimate of drug-likeness (QED) is 0.665. The first-order valence-corrected chi connectivity index (χ1v) is 11.4. The number of rotatable bonds is 4. The minimum Gasteiger partial charge on any atom is -0.476 e. The summed E-state index contributed by atoms with van der Waals surface area (Å²) in [5, 5.41) is 2.84. The summed E-state index contributed by atoms with van der Waals surface area (Å²) in [5.74, 6) is -0.0495. The van der Waals surface area contributed by atoms with Crippen molar-refractivity contribution in [2.45, 2.75) is 31.8 Å². The number of hydrogen-bond acceptors (Lipinski definition) is 4. The fourth-order valence-electron chi connectivity index (χ4n) is 3.45. The zero-order valence-electron chi connectivity index (χ0n) is 17.6. The van der Waals surface area contributed by atoms with Crippen LogP contribution in [0.1, 0.15) is 16.7 Å². The molecule has 1 aliphatic heterocycles. The molecular weight excluding hydrogens is 412 g/mol. The van der Waals surface area contributed by atoms with Crippen molar-refractivity contribution in [1.82, 2.24) is 0 Å². The Bertz CT molecular complexity index is 1240. The molecule has 1 N–H and O–H groups in total. The third-order valence-corrected chi connectivity index (χ3v) is 7.20. The van der Waals surface area contributed by atoms with Gasteiger partial charge in [0.1, 0.15) is 5.75 Å². The summed E-state index contributed by atoms with van der Waals surface area (Å²) in [5.41, 5.74) is 4.20. The van der Waals surface area contributed by atoms with Gasteiger partial charge < -0.3 is 10.1 Å². The highest BCUT2D eigenvalue weighted by molar-refractivity contribution is 7.92. The number of nitrogens with zero attached hydrogens (tertiary/aromatic N) is 1. The number of nitrogens with one attached hydrogen (secondary N) is 1. The lowest BCUT2D eigenvalue weighted by molar-refractivity contribution is -0.122. The molecule has 0 saturated carbocycles. The molecule has 7 heteroatoms. The van der Waals surface area contributed by atoms with E-state index in [2.05, 4.69) is 5.32 Å². The van der Waals surface area contributed by atoms with Gasteiger partial charge in [-0.25, -0.2) is 8.42 Å². The number of amides is 1. The van der Waals surface area contributed by atoms with E-state index in [0.29, 0.717) is 17.1 Å². The van der Waals surface area contributed by atoms with Crippen LogP contribution in [0.2, 0.25) is 0 Å². The van der Waals surface area contributed by atoms with Crippen LogP contribution in [0.3, 0.4) is 0 Å². The maximum atomic E-state index is 13.4. The molecule has 31 heavy (non-hydrogen) atoms. The van der Waals surface area contributed by atoms with Crippen LogP contribution >= 0.6 is 0 Å². The topological polar surface area (TPSA) is 75.7 Å². The third-order valence-electron chi connectivity index (χ3n) is 5.41. The van der Waals surface area contributed by atoms with Crippen LogP contribution in [0.5, 0.6) is 5.75 Å². The Morgan fingerprint density at radius 3 is 2.39 bits per heavy atom. The summed E-state index contributed by atoms with van der Waals surface area (Å²) >= 11 is 0. The molecule has 0 radical (unpaired) electrons. The number of aryl methyl sites for hydroxylation is 3. The number of ether oxygens (including phenoxy) is 1. The molecule has 0 fully saturated rings. The smallest absolute Gasteiger partial charge is 0.267 e. The summed E-state index contributed by atoms with van der Waals surface area (Å²) < 4.78 is 34.0. The van der Waals surface area contributed by atoms with E-state index in [1.807, 2.05) is 39.0 Å². The highest BCUT2D eigenvalue weighted by atomic mass is 32.2. The second-order valence-corrected chi connectivity index (χ2v) is 9.57. The van der Waals surface area contributed by atoms with Crippen molar-refractivity contribution in [3.05, 3.63) is 83.4 Å². The number of hydrogen-bond donors (Lipinski definition) is 1. The first-order valence-electron chi connectivity index (χ1n) is 9.99. The van der Waals surface area contributed by atoms with Crippen molar-refractivity contribution in [3.8, 4) is 5.75 Å². The molecule has 0 saturated heterocycles. The summed E-state index contributed by atoms with van der Waals surface area (Å²) in [6.07, 6.45) is -0.989. The molecule has 1 amide bonds. The Hall–Kier alpha value is -3.32. The number of fused-ring (bicyclic) bond motifs is 1. The summed E-state index contributed by atoms with van der Waals surface area (Å²) in [4.78, 5) is 13.1. The second kappa shape index (κ2) is 8.07. The average Bonchev–Trinajstić information content (AvgIpc) is 2.75. The summed E-state index contributed by atoms with van der Waals surface area (Å²) in [6.45, 7) is 5.74. The Balaban J connectivity index is 1.66. The lowest BCUT2D eigenvalue weighted by Gasteiger charge is -2.34. The van der Waals surface area contributed by atoms with E-state index >= 15 is 0 Å². The van der Waals surface area contributed by atoms with Crippen molar-refractivity contribution in [2.75, 3.05) is 16.2 Å². The van der Waals surface area contributed by atoms with Crippen molar-refractivity contribution in [1.29, 1.82) is 0 Å². The molecule has 3 aromatic carbocycles. The maximum absolute atomic E-state index is 13.4. The van der Waals surface area contributed by atoms with E-state index in [-0.39, 0.29) is 11.4 Å². The van der Waals surface area contributed by atoms with Gasteiger partial charge in [-0.05, 0) is 68.3 Å². The van der Waals surface area contributed by atoms with Gasteiger partial charge in [0.2, 0.25) is 0 Å². The Morgan fingerprint density at radius 2 is 1.68 bits per heavy atom. The monoisotopic (exact) mass is 436 g/mol. The molecule has 3 aromatic rings. The number of benzene rings is 3. The highest BCUT2D eigenvalue weighted by Crippen LogP contribution is 2.37. The zero-order chi connectivity index (χ0) is 22.2. The van der Waals surface area contributed by atoms with Crippen molar-refractivity contribution >= 4 is 27.3 Å². The van der Waals surface area contributed by atoms with E-state index in [1.165, 1.54) is 4.31 Å². The first kappa shape index (κ1) is 20.9. The number of carbonyl (C=O) groups excluding carboxylic acids is 1. The molecule has 1 aliphatic rings. The van der Waals surface area contributed by atoms with Gasteiger partial charge in [-0.1, -0.05) is 35.9 Å². The molecule has 1 heterocycles. The molecule has 0 aromatic heterocycles. The number of para-hydroxylation sites is 2. The van der Waals surface area contributed by atoms with Gasteiger partial charge in [-0.15, -0.1) is 0 Å². The molecule has 0 unspecified atom stereocenters. The van der Waals surface area contributed by atoms with E-state index in [0.717, 1.165) is 16.7 Å². The number of carbonyl (C=O) groups is 1. The van der Waals surface area contributed by atoms with E-state index in [4.69, 9.17) is 4.74 Å². The van der Waals surface area contributed by atoms with Crippen LogP contribution in [0.25, 0.3) is 0 Å². The Kier molecular flexibility index (Phi) is 5.45. The third kappa shape index (κ3) is 4.14. The number of anilines is 2. The van der Waals surface area contributed by atoms with E-state index in [9.17, 15) is 13.2 Å². The summed E-state index contributed by atoms with van der Waals surface area (Å²) in [6, 6.07) is 19.1. The minimum atomic E-state index is -3.87. The molecular formula is C24H24N2O4S. The fraction of sp³-hybridized carbons (Fsp3) is 0.208. The van der Waals surface area contributed by atoms with Gasteiger partial charge in [0.05, 0.1) is 17.1 Å². The van der Waals surface area contributed by atoms with Crippen molar-refractivity contribution < 1.29 is 17.9 Å². The van der Waals surface area contributed by atoms with Crippen LogP contribution < -0.4 is 14.4 Å². The van der Waals surface area contributed by atoms with Crippen LogP contribution in [-0.4, -0.2) is 27.0 Å². The van der Waals surface area contributed by atoms with Gasteiger partial charge in [-0.2, -0.15) is 0 Å². The predicted molar refractivity (Wildman–Crippen MR) is 121 cm³/mol. The van der Waals surface area contributed by atoms with Gasteiger partial charge >= 0.3 is 0 Å². The lowest BCUT2D eigenvalue weighted by Crippen LogP contribution is -2.48. The minimum absolute atomic E-state index is 0.121.